The standard InChI is InChI=1S/C15H21BF2O2/c1-9-8-12(10(2)7-11(9)13(17)18)16-19-14(3,4)15(5,6)20-16/h7-8,13H,1-6H3. The Morgan fingerprint density at radius 1 is 0.950 bits per heavy atom. The van der Waals surface area contributed by atoms with Gasteiger partial charge in [0.1, 0.15) is 0 Å². The minimum absolute atomic E-state index is 0.0720. The van der Waals surface area contributed by atoms with E-state index in [0.29, 0.717) is 5.56 Å². The summed E-state index contributed by atoms with van der Waals surface area (Å²) < 4.78 is 37.8. The first-order valence-electron chi connectivity index (χ1n) is 6.80. The van der Waals surface area contributed by atoms with E-state index in [4.69, 9.17) is 9.31 Å². The van der Waals surface area contributed by atoms with Crippen LogP contribution in [0.2, 0.25) is 0 Å². The Balaban J connectivity index is 2.39. The zero-order valence-electron chi connectivity index (χ0n) is 12.9. The van der Waals surface area contributed by atoms with E-state index in [1.54, 1.807) is 13.0 Å². The molecule has 110 valence electrons. The zero-order valence-corrected chi connectivity index (χ0v) is 12.9. The summed E-state index contributed by atoms with van der Waals surface area (Å²) in [6, 6.07) is 3.28. The van der Waals surface area contributed by atoms with E-state index in [1.165, 1.54) is 6.07 Å². The molecule has 1 saturated heterocycles. The van der Waals surface area contributed by atoms with Crippen LogP contribution in [-0.2, 0) is 9.31 Å². The highest BCUT2D eigenvalue weighted by molar-refractivity contribution is 6.62. The number of rotatable bonds is 2. The lowest BCUT2D eigenvalue weighted by Crippen LogP contribution is -2.41. The summed E-state index contributed by atoms with van der Waals surface area (Å²) in [6.45, 7) is 11.4. The molecule has 1 aromatic carbocycles. The second-order valence-electron chi connectivity index (χ2n) is 6.45. The van der Waals surface area contributed by atoms with E-state index in [-0.39, 0.29) is 5.56 Å². The van der Waals surface area contributed by atoms with E-state index in [2.05, 4.69) is 0 Å². The highest BCUT2D eigenvalue weighted by Gasteiger charge is 2.52. The van der Waals surface area contributed by atoms with Crippen LogP contribution >= 0.6 is 0 Å². The van der Waals surface area contributed by atoms with Crippen LogP contribution in [0.25, 0.3) is 0 Å². The van der Waals surface area contributed by atoms with Crippen LogP contribution in [0.4, 0.5) is 8.78 Å². The fraction of sp³-hybridized carbons (Fsp3) is 0.600. The van der Waals surface area contributed by atoms with E-state index >= 15 is 0 Å². The number of aryl methyl sites for hydroxylation is 2. The van der Waals surface area contributed by atoms with Crippen molar-refractivity contribution in [2.45, 2.75) is 59.2 Å². The molecule has 0 aromatic heterocycles. The van der Waals surface area contributed by atoms with Crippen LogP contribution in [0.1, 0.15) is 50.8 Å². The second-order valence-corrected chi connectivity index (χ2v) is 6.45. The number of hydrogen-bond donors (Lipinski definition) is 0. The SMILES string of the molecule is Cc1cc(C(F)F)c(C)cc1B1OC(C)(C)C(C)(C)O1. The topological polar surface area (TPSA) is 18.5 Å². The third-order valence-electron chi connectivity index (χ3n) is 4.40. The van der Waals surface area contributed by atoms with Crippen molar-refractivity contribution in [1.82, 2.24) is 0 Å². The van der Waals surface area contributed by atoms with Gasteiger partial charge in [-0.05, 0) is 52.6 Å². The van der Waals surface area contributed by atoms with Gasteiger partial charge < -0.3 is 9.31 Å². The van der Waals surface area contributed by atoms with Crippen molar-refractivity contribution in [3.63, 3.8) is 0 Å². The molecule has 1 fully saturated rings. The van der Waals surface area contributed by atoms with Crippen molar-refractivity contribution in [2.75, 3.05) is 0 Å². The molecular formula is C15H21BF2O2. The average Bonchev–Trinajstić information content (AvgIpc) is 2.50. The van der Waals surface area contributed by atoms with Gasteiger partial charge in [-0.1, -0.05) is 17.7 Å². The maximum absolute atomic E-state index is 12.9. The second kappa shape index (κ2) is 4.81. The Hall–Kier alpha value is -0.935. The molecule has 1 aliphatic heterocycles. The summed E-state index contributed by atoms with van der Waals surface area (Å²) in [5.41, 5.74) is 1.37. The molecule has 0 radical (unpaired) electrons. The molecule has 2 nitrogen and oxygen atoms in total. The van der Waals surface area contributed by atoms with Crippen molar-refractivity contribution >= 4 is 12.6 Å². The van der Waals surface area contributed by atoms with Crippen molar-refractivity contribution in [3.8, 4) is 0 Å². The monoisotopic (exact) mass is 282 g/mol. The van der Waals surface area contributed by atoms with Gasteiger partial charge in [-0.15, -0.1) is 0 Å². The molecule has 0 spiro atoms. The van der Waals surface area contributed by atoms with Crippen molar-refractivity contribution in [1.29, 1.82) is 0 Å². The van der Waals surface area contributed by atoms with Crippen LogP contribution in [0.5, 0.6) is 0 Å². The molecular weight excluding hydrogens is 261 g/mol. The fourth-order valence-electron chi connectivity index (χ4n) is 2.32. The summed E-state index contributed by atoms with van der Waals surface area (Å²) >= 11 is 0. The maximum Gasteiger partial charge on any atom is 0.495 e. The molecule has 1 heterocycles. The largest absolute Gasteiger partial charge is 0.495 e. The quantitative estimate of drug-likeness (QED) is 0.772. The number of hydrogen-bond acceptors (Lipinski definition) is 2. The summed E-state index contributed by atoms with van der Waals surface area (Å²) in [6.07, 6.45) is -2.46. The van der Waals surface area contributed by atoms with Crippen molar-refractivity contribution in [2.24, 2.45) is 0 Å². The van der Waals surface area contributed by atoms with Gasteiger partial charge in [-0.2, -0.15) is 0 Å². The predicted molar refractivity (Wildman–Crippen MR) is 76.6 cm³/mol. The molecule has 1 aromatic rings. The summed E-state index contributed by atoms with van der Waals surface area (Å²) in [4.78, 5) is 0. The molecule has 0 bridgehead atoms. The molecule has 0 saturated carbocycles. The Kier molecular flexibility index (Phi) is 3.72. The van der Waals surface area contributed by atoms with Crippen molar-refractivity contribution in [3.05, 3.63) is 28.8 Å². The van der Waals surface area contributed by atoms with Crippen LogP contribution in [0, 0.1) is 13.8 Å². The molecule has 20 heavy (non-hydrogen) atoms. The van der Waals surface area contributed by atoms with Gasteiger partial charge in [0, 0.05) is 5.56 Å². The van der Waals surface area contributed by atoms with Crippen LogP contribution in [-0.4, -0.2) is 18.3 Å². The molecule has 0 unspecified atom stereocenters. The number of benzene rings is 1. The molecule has 2 rings (SSSR count). The first kappa shape index (κ1) is 15.5. The predicted octanol–water partition coefficient (Wildman–Crippen LogP) is 3.54. The van der Waals surface area contributed by atoms with E-state index in [9.17, 15) is 8.78 Å². The molecule has 0 atom stereocenters. The zero-order chi connectivity index (χ0) is 15.3. The third-order valence-corrected chi connectivity index (χ3v) is 4.40. The average molecular weight is 282 g/mol. The Bertz CT molecular complexity index is 511. The van der Waals surface area contributed by atoms with Crippen LogP contribution in [0.15, 0.2) is 12.1 Å². The molecule has 5 heteroatoms. The van der Waals surface area contributed by atoms with Gasteiger partial charge in [0.05, 0.1) is 11.2 Å². The highest BCUT2D eigenvalue weighted by Crippen LogP contribution is 2.37. The number of alkyl halides is 2. The van der Waals surface area contributed by atoms with Gasteiger partial charge in [0.25, 0.3) is 6.43 Å². The normalized spacial score (nSPS) is 20.8. The fourth-order valence-corrected chi connectivity index (χ4v) is 2.32. The van der Waals surface area contributed by atoms with Crippen molar-refractivity contribution < 1.29 is 18.1 Å². The van der Waals surface area contributed by atoms with E-state index in [0.717, 1.165) is 11.0 Å². The van der Waals surface area contributed by atoms with E-state index in [1.807, 2.05) is 34.6 Å². The molecule has 0 N–H and O–H groups in total. The summed E-state index contributed by atoms with van der Waals surface area (Å²) in [5.74, 6) is 0. The smallest absolute Gasteiger partial charge is 0.399 e. The van der Waals surface area contributed by atoms with Crippen LogP contribution in [0.3, 0.4) is 0 Å². The lowest BCUT2D eigenvalue weighted by Gasteiger charge is -2.32. The third kappa shape index (κ3) is 2.49. The van der Waals surface area contributed by atoms with E-state index < -0.39 is 24.7 Å². The first-order chi connectivity index (χ1) is 9.05. The summed E-state index contributed by atoms with van der Waals surface area (Å²) in [7, 11) is -0.509. The molecule has 1 aliphatic rings. The molecule has 0 amide bonds. The van der Waals surface area contributed by atoms with Gasteiger partial charge in [0.15, 0.2) is 0 Å². The summed E-state index contributed by atoms with van der Waals surface area (Å²) in [5, 5.41) is 0. The van der Waals surface area contributed by atoms with Gasteiger partial charge in [0.2, 0.25) is 0 Å². The Labute approximate surface area is 119 Å². The lowest BCUT2D eigenvalue weighted by molar-refractivity contribution is 0.00578. The first-order valence-corrected chi connectivity index (χ1v) is 6.80. The van der Waals surface area contributed by atoms with Crippen LogP contribution < -0.4 is 5.46 Å². The Morgan fingerprint density at radius 2 is 1.45 bits per heavy atom. The minimum Gasteiger partial charge on any atom is -0.399 e. The Morgan fingerprint density at radius 3 is 1.90 bits per heavy atom. The maximum atomic E-state index is 12.9. The highest BCUT2D eigenvalue weighted by atomic mass is 19.3. The van der Waals surface area contributed by atoms with Gasteiger partial charge >= 0.3 is 7.12 Å². The van der Waals surface area contributed by atoms with Gasteiger partial charge in [-0.3, -0.25) is 0 Å². The number of halogens is 2. The minimum atomic E-state index is -2.46. The molecule has 0 aliphatic carbocycles. The van der Waals surface area contributed by atoms with Gasteiger partial charge in [-0.25, -0.2) is 8.78 Å². The lowest BCUT2D eigenvalue weighted by atomic mass is 9.75.